The quantitative estimate of drug-likeness (QED) is 0.923. The summed E-state index contributed by atoms with van der Waals surface area (Å²) in [5.41, 5.74) is 0.903. The van der Waals surface area contributed by atoms with Gasteiger partial charge in [-0.05, 0) is 55.5 Å². The molecule has 0 spiro atoms. The Morgan fingerprint density at radius 1 is 1.42 bits per heavy atom. The number of aromatic nitrogens is 2. The summed E-state index contributed by atoms with van der Waals surface area (Å²) in [5, 5.41) is 7.97. The molecule has 3 heterocycles. The van der Waals surface area contributed by atoms with Crippen LogP contribution >= 0.6 is 15.9 Å². The summed E-state index contributed by atoms with van der Waals surface area (Å²) in [7, 11) is 0. The first kappa shape index (κ1) is 13.6. The second-order valence-corrected chi connectivity index (χ2v) is 6.83. The molecule has 19 heavy (non-hydrogen) atoms. The van der Waals surface area contributed by atoms with Crippen LogP contribution in [0.1, 0.15) is 44.0 Å². The van der Waals surface area contributed by atoms with E-state index in [0.717, 1.165) is 35.2 Å². The molecule has 5 heteroatoms. The van der Waals surface area contributed by atoms with E-state index in [1.807, 2.05) is 11.6 Å². The Kier molecular flexibility index (Phi) is 3.46. The fourth-order valence-electron chi connectivity index (χ4n) is 3.67. The first-order valence-corrected chi connectivity index (χ1v) is 7.97. The van der Waals surface area contributed by atoms with Crippen LogP contribution in [-0.2, 0) is 13.0 Å². The fraction of sp³-hybridized carbons (Fsp3) is 0.786. The van der Waals surface area contributed by atoms with E-state index in [4.69, 9.17) is 0 Å². The van der Waals surface area contributed by atoms with Crippen LogP contribution in [0.3, 0.4) is 0 Å². The molecule has 1 aromatic rings. The smallest absolute Gasteiger partial charge is 0.119 e. The Labute approximate surface area is 122 Å². The van der Waals surface area contributed by atoms with E-state index in [-0.39, 0.29) is 0 Å². The number of halogens is 2. The maximum absolute atomic E-state index is 15.2. The molecule has 0 saturated carbocycles. The van der Waals surface area contributed by atoms with Crippen molar-refractivity contribution >= 4 is 15.9 Å². The van der Waals surface area contributed by atoms with Crippen molar-refractivity contribution in [2.45, 2.75) is 70.2 Å². The van der Waals surface area contributed by atoms with Gasteiger partial charge in [0.15, 0.2) is 0 Å². The lowest BCUT2D eigenvalue weighted by Crippen LogP contribution is -2.47. The van der Waals surface area contributed by atoms with Crippen LogP contribution in [0, 0.1) is 6.92 Å². The molecule has 0 aliphatic carbocycles. The van der Waals surface area contributed by atoms with Gasteiger partial charge in [0.05, 0.1) is 15.9 Å². The van der Waals surface area contributed by atoms with Gasteiger partial charge in [-0.25, -0.2) is 4.39 Å². The van der Waals surface area contributed by atoms with Gasteiger partial charge in [-0.15, -0.1) is 0 Å². The van der Waals surface area contributed by atoms with Crippen molar-refractivity contribution in [3.8, 4) is 0 Å². The standard InChI is InChI=1S/C14H21BrFN3/c1-3-19-12(13(15)9(2)18-19)8-14(16)6-10-4-5-11(7-14)17-10/h10-11,17H,3-8H2,1-2H3. The summed E-state index contributed by atoms with van der Waals surface area (Å²) in [6, 6.07) is 0.753. The summed E-state index contributed by atoms with van der Waals surface area (Å²) in [5.74, 6) is 0. The lowest BCUT2D eigenvalue weighted by molar-refractivity contribution is 0.0868. The Bertz CT molecular complexity index is 473. The topological polar surface area (TPSA) is 29.9 Å². The molecule has 2 aliphatic heterocycles. The van der Waals surface area contributed by atoms with Crippen LogP contribution in [0.2, 0.25) is 0 Å². The molecular weight excluding hydrogens is 309 g/mol. The van der Waals surface area contributed by atoms with E-state index >= 15 is 4.39 Å². The van der Waals surface area contributed by atoms with Crippen molar-refractivity contribution < 1.29 is 4.39 Å². The van der Waals surface area contributed by atoms with E-state index in [2.05, 4.69) is 33.3 Å². The Balaban J connectivity index is 1.84. The van der Waals surface area contributed by atoms with Crippen LogP contribution in [0.4, 0.5) is 4.39 Å². The van der Waals surface area contributed by atoms with Gasteiger partial charge in [0.25, 0.3) is 0 Å². The number of fused-ring (bicyclic) bond motifs is 2. The van der Waals surface area contributed by atoms with Gasteiger partial charge in [-0.3, -0.25) is 4.68 Å². The van der Waals surface area contributed by atoms with Crippen molar-refractivity contribution in [1.82, 2.24) is 15.1 Å². The number of alkyl halides is 1. The summed E-state index contributed by atoms with van der Waals surface area (Å²) >= 11 is 3.57. The van der Waals surface area contributed by atoms with Crippen LogP contribution in [0.25, 0.3) is 0 Å². The third-order valence-electron chi connectivity index (χ3n) is 4.50. The molecule has 1 aromatic heterocycles. The number of nitrogens with zero attached hydrogens (tertiary/aromatic N) is 2. The molecule has 3 nitrogen and oxygen atoms in total. The first-order chi connectivity index (χ1) is 9.00. The SMILES string of the molecule is CCn1nc(C)c(Br)c1CC1(F)CC2CCC(C1)N2. The Morgan fingerprint density at radius 3 is 2.63 bits per heavy atom. The van der Waals surface area contributed by atoms with Crippen molar-refractivity contribution in [3.63, 3.8) is 0 Å². The van der Waals surface area contributed by atoms with Gasteiger partial charge in [0.2, 0.25) is 0 Å². The van der Waals surface area contributed by atoms with Crippen molar-refractivity contribution in [1.29, 1.82) is 0 Å². The van der Waals surface area contributed by atoms with Gasteiger partial charge < -0.3 is 5.32 Å². The van der Waals surface area contributed by atoms with E-state index < -0.39 is 5.67 Å². The van der Waals surface area contributed by atoms with Gasteiger partial charge in [0.1, 0.15) is 5.67 Å². The summed E-state index contributed by atoms with van der Waals surface area (Å²) < 4.78 is 18.1. The molecule has 0 radical (unpaired) electrons. The van der Waals surface area contributed by atoms with E-state index in [1.165, 1.54) is 0 Å². The Hall–Kier alpha value is -0.420. The predicted molar refractivity (Wildman–Crippen MR) is 77.1 cm³/mol. The molecule has 0 aromatic carbocycles. The zero-order valence-corrected chi connectivity index (χ0v) is 13.1. The number of hydrogen-bond acceptors (Lipinski definition) is 2. The highest BCUT2D eigenvalue weighted by molar-refractivity contribution is 9.10. The highest BCUT2D eigenvalue weighted by Gasteiger charge is 2.44. The highest BCUT2D eigenvalue weighted by Crippen LogP contribution is 2.40. The zero-order chi connectivity index (χ0) is 13.6. The number of piperidine rings is 1. The van der Waals surface area contributed by atoms with E-state index in [0.29, 0.717) is 31.3 Å². The predicted octanol–water partition coefficient (Wildman–Crippen LogP) is 3.14. The fourth-order valence-corrected chi connectivity index (χ4v) is 4.10. The van der Waals surface area contributed by atoms with Crippen molar-refractivity contribution in [3.05, 3.63) is 15.9 Å². The number of rotatable bonds is 3. The molecular formula is C14H21BrFN3. The lowest BCUT2D eigenvalue weighted by Gasteiger charge is -2.35. The van der Waals surface area contributed by atoms with Crippen LogP contribution in [-0.4, -0.2) is 27.5 Å². The minimum atomic E-state index is -1.07. The third kappa shape index (κ3) is 2.47. The number of nitrogens with one attached hydrogen (secondary N) is 1. The number of aryl methyl sites for hydroxylation is 2. The minimum Gasteiger partial charge on any atom is -0.311 e. The monoisotopic (exact) mass is 329 g/mol. The maximum Gasteiger partial charge on any atom is 0.119 e. The van der Waals surface area contributed by atoms with Crippen molar-refractivity contribution in [2.24, 2.45) is 0 Å². The minimum absolute atomic E-state index is 0.377. The van der Waals surface area contributed by atoms with Gasteiger partial charge in [-0.2, -0.15) is 5.10 Å². The molecule has 2 aliphatic rings. The van der Waals surface area contributed by atoms with E-state index in [1.54, 1.807) is 0 Å². The normalized spacial score (nSPS) is 33.9. The largest absolute Gasteiger partial charge is 0.311 e. The molecule has 2 saturated heterocycles. The molecule has 2 fully saturated rings. The second-order valence-electron chi connectivity index (χ2n) is 6.04. The molecule has 2 unspecified atom stereocenters. The van der Waals surface area contributed by atoms with Crippen LogP contribution in [0.5, 0.6) is 0 Å². The van der Waals surface area contributed by atoms with Gasteiger partial charge in [0, 0.05) is 25.0 Å². The highest BCUT2D eigenvalue weighted by atomic mass is 79.9. The molecule has 1 N–H and O–H groups in total. The summed E-state index contributed by atoms with van der Waals surface area (Å²) in [4.78, 5) is 0. The zero-order valence-electron chi connectivity index (χ0n) is 11.5. The number of hydrogen-bond donors (Lipinski definition) is 1. The second kappa shape index (κ2) is 4.85. The van der Waals surface area contributed by atoms with Gasteiger partial charge >= 0.3 is 0 Å². The average molecular weight is 330 g/mol. The average Bonchev–Trinajstić information content (AvgIpc) is 2.83. The molecule has 2 atom stereocenters. The van der Waals surface area contributed by atoms with Crippen LogP contribution < -0.4 is 5.32 Å². The van der Waals surface area contributed by atoms with E-state index in [9.17, 15) is 0 Å². The molecule has 2 bridgehead atoms. The van der Waals surface area contributed by atoms with Crippen molar-refractivity contribution in [2.75, 3.05) is 0 Å². The van der Waals surface area contributed by atoms with Crippen LogP contribution in [0.15, 0.2) is 4.47 Å². The first-order valence-electron chi connectivity index (χ1n) is 7.17. The third-order valence-corrected chi connectivity index (χ3v) is 5.53. The molecule has 106 valence electrons. The lowest BCUT2D eigenvalue weighted by atomic mass is 9.85. The summed E-state index contributed by atoms with van der Waals surface area (Å²) in [6.45, 7) is 4.82. The maximum atomic E-state index is 15.2. The Morgan fingerprint density at radius 2 is 2.05 bits per heavy atom. The molecule has 3 rings (SSSR count). The van der Waals surface area contributed by atoms with Gasteiger partial charge in [-0.1, -0.05) is 0 Å². The molecule has 0 amide bonds. The summed E-state index contributed by atoms with van der Waals surface area (Å²) in [6.07, 6.45) is 4.03.